The molecule has 182 valence electrons. The number of allylic oxidation sites excluding steroid dienone is 1. The van der Waals surface area contributed by atoms with Crippen LogP contribution in [0.25, 0.3) is 11.1 Å². The Hall–Kier alpha value is -3.02. The molecule has 0 aliphatic carbocycles. The molecule has 4 nitrogen and oxygen atoms in total. The van der Waals surface area contributed by atoms with Crippen molar-refractivity contribution >= 4 is 22.7 Å². The van der Waals surface area contributed by atoms with E-state index in [2.05, 4.69) is 11.8 Å². The molecule has 1 saturated heterocycles. The molecular formula is C29H29ClFNO3. The third kappa shape index (κ3) is 4.75. The van der Waals surface area contributed by atoms with Gasteiger partial charge in [0.05, 0.1) is 5.02 Å². The molecule has 0 amide bonds. The summed E-state index contributed by atoms with van der Waals surface area (Å²) < 4.78 is 26.8. The zero-order valence-electron chi connectivity index (χ0n) is 19.9. The van der Waals surface area contributed by atoms with Gasteiger partial charge in [0.15, 0.2) is 0 Å². The van der Waals surface area contributed by atoms with E-state index in [1.54, 1.807) is 30.3 Å². The molecule has 0 bridgehead atoms. The second-order valence-corrected chi connectivity index (χ2v) is 9.65. The molecule has 6 heteroatoms. The fourth-order valence-corrected chi connectivity index (χ4v) is 5.11. The van der Waals surface area contributed by atoms with Gasteiger partial charge in [-0.3, -0.25) is 4.90 Å². The average Bonchev–Trinajstić information content (AvgIpc) is 2.83. The Labute approximate surface area is 210 Å². The number of benzene rings is 3. The highest BCUT2D eigenvalue weighted by molar-refractivity contribution is 6.33. The van der Waals surface area contributed by atoms with Crippen LogP contribution in [0.15, 0.2) is 60.7 Å². The summed E-state index contributed by atoms with van der Waals surface area (Å²) in [6, 6.07) is 17.6. The lowest BCUT2D eigenvalue weighted by atomic mass is 9.86. The van der Waals surface area contributed by atoms with Crippen molar-refractivity contribution < 1.29 is 19.0 Å². The number of likely N-dealkylation sites (tertiary alicyclic amines) is 1. The van der Waals surface area contributed by atoms with Gasteiger partial charge in [-0.1, -0.05) is 49.2 Å². The molecule has 0 radical (unpaired) electrons. The molecule has 1 fully saturated rings. The van der Waals surface area contributed by atoms with E-state index >= 15 is 0 Å². The Bertz CT molecular complexity index is 1250. The number of hydrogen-bond acceptors (Lipinski definition) is 4. The van der Waals surface area contributed by atoms with Gasteiger partial charge in [-0.15, -0.1) is 0 Å². The lowest BCUT2D eigenvalue weighted by Gasteiger charge is -2.38. The van der Waals surface area contributed by atoms with E-state index in [4.69, 9.17) is 21.1 Å². The summed E-state index contributed by atoms with van der Waals surface area (Å²) >= 11 is 6.41. The van der Waals surface area contributed by atoms with Crippen molar-refractivity contribution in [1.82, 2.24) is 4.90 Å². The van der Waals surface area contributed by atoms with Gasteiger partial charge in [-0.25, -0.2) is 4.39 Å². The molecule has 2 aliphatic rings. The van der Waals surface area contributed by atoms with Crippen LogP contribution in [0.4, 0.5) is 4.39 Å². The number of aromatic hydroxyl groups is 1. The zero-order valence-corrected chi connectivity index (χ0v) is 20.7. The van der Waals surface area contributed by atoms with Crippen LogP contribution in [-0.4, -0.2) is 36.2 Å². The van der Waals surface area contributed by atoms with Crippen LogP contribution in [-0.2, 0) is 0 Å². The Balaban J connectivity index is 1.41. The fourth-order valence-electron chi connectivity index (χ4n) is 4.88. The van der Waals surface area contributed by atoms with Crippen LogP contribution in [0.2, 0.25) is 5.02 Å². The number of phenolic OH excluding ortho intramolecular Hbond substituents is 1. The van der Waals surface area contributed by atoms with E-state index in [1.165, 1.54) is 12.5 Å². The number of hydrogen-bond donors (Lipinski definition) is 1. The number of rotatable bonds is 7. The Morgan fingerprint density at radius 2 is 1.86 bits per heavy atom. The molecule has 0 spiro atoms. The minimum atomic E-state index is -0.493. The number of fused-ring (bicyclic) bond motifs is 1. The van der Waals surface area contributed by atoms with Crippen molar-refractivity contribution in [3.63, 3.8) is 0 Å². The van der Waals surface area contributed by atoms with E-state index in [-0.39, 0.29) is 10.8 Å². The van der Waals surface area contributed by atoms with Crippen LogP contribution < -0.4 is 9.47 Å². The molecule has 2 heterocycles. The average molecular weight is 494 g/mol. The van der Waals surface area contributed by atoms with Crippen LogP contribution >= 0.6 is 11.6 Å². The molecule has 35 heavy (non-hydrogen) atoms. The SMILES string of the molecule is CCC1CN(CCOc2ccc(C3Oc4ccc(O)cc4C(C)=C3c3cccc(F)c3Cl)cc2)C1. The van der Waals surface area contributed by atoms with Crippen molar-refractivity contribution in [2.45, 2.75) is 26.4 Å². The second-order valence-electron chi connectivity index (χ2n) is 9.27. The molecule has 3 aromatic carbocycles. The van der Waals surface area contributed by atoms with Gasteiger partial charge in [0.2, 0.25) is 0 Å². The van der Waals surface area contributed by atoms with Gasteiger partial charge in [-0.2, -0.15) is 0 Å². The summed E-state index contributed by atoms with van der Waals surface area (Å²) in [5.41, 5.74) is 3.87. The summed E-state index contributed by atoms with van der Waals surface area (Å²) in [7, 11) is 0. The van der Waals surface area contributed by atoms with E-state index < -0.39 is 11.9 Å². The van der Waals surface area contributed by atoms with Gasteiger partial charge in [0.1, 0.15) is 35.8 Å². The predicted octanol–water partition coefficient (Wildman–Crippen LogP) is 6.97. The lowest BCUT2D eigenvalue weighted by molar-refractivity contribution is 0.0806. The third-order valence-corrected chi connectivity index (χ3v) is 7.37. The summed E-state index contributed by atoms with van der Waals surface area (Å²) in [5.74, 6) is 1.94. The van der Waals surface area contributed by atoms with Crippen molar-refractivity contribution in [2.75, 3.05) is 26.2 Å². The fraction of sp³-hybridized carbons (Fsp3) is 0.310. The largest absolute Gasteiger partial charge is 0.508 e. The summed E-state index contributed by atoms with van der Waals surface area (Å²) in [6.07, 6.45) is 0.747. The Morgan fingerprint density at radius 1 is 1.09 bits per heavy atom. The maximum absolute atomic E-state index is 14.4. The number of phenols is 1. The van der Waals surface area contributed by atoms with E-state index in [1.807, 2.05) is 31.2 Å². The quantitative estimate of drug-likeness (QED) is 0.386. The van der Waals surface area contributed by atoms with Crippen LogP contribution in [0.3, 0.4) is 0 Å². The van der Waals surface area contributed by atoms with Crippen molar-refractivity contribution in [1.29, 1.82) is 0 Å². The molecule has 1 unspecified atom stereocenters. The van der Waals surface area contributed by atoms with Crippen LogP contribution in [0.5, 0.6) is 17.2 Å². The Morgan fingerprint density at radius 3 is 2.60 bits per heavy atom. The lowest BCUT2D eigenvalue weighted by Crippen LogP contribution is -2.47. The molecule has 1 atom stereocenters. The smallest absolute Gasteiger partial charge is 0.150 e. The highest BCUT2D eigenvalue weighted by atomic mass is 35.5. The first kappa shape index (κ1) is 23.7. The molecule has 0 saturated carbocycles. The second kappa shape index (κ2) is 9.92. The topological polar surface area (TPSA) is 41.9 Å². The first-order valence-corrected chi connectivity index (χ1v) is 12.4. The highest BCUT2D eigenvalue weighted by Crippen LogP contribution is 2.49. The molecule has 3 aromatic rings. The predicted molar refractivity (Wildman–Crippen MR) is 138 cm³/mol. The minimum Gasteiger partial charge on any atom is -0.508 e. The van der Waals surface area contributed by atoms with Crippen molar-refractivity contribution in [2.24, 2.45) is 5.92 Å². The van der Waals surface area contributed by atoms with Gasteiger partial charge >= 0.3 is 0 Å². The monoisotopic (exact) mass is 493 g/mol. The van der Waals surface area contributed by atoms with E-state index in [0.29, 0.717) is 17.9 Å². The van der Waals surface area contributed by atoms with Crippen LogP contribution in [0, 0.1) is 11.7 Å². The molecule has 0 aromatic heterocycles. The maximum atomic E-state index is 14.4. The third-order valence-electron chi connectivity index (χ3n) is 6.99. The summed E-state index contributed by atoms with van der Waals surface area (Å²) in [5, 5.41) is 10.1. The van der Waals surface area contributed by atoms with Crippen molar-refractivity contribution in [3.8, 4) is 17.2 Å². The van der Waals surface area contributed by atoms with Crippen molar-refractivity contribution in [3.05, 3.63) is 88.2 Å². The standard InChI is InChI=1S/C29H29ClFNO3/c1-3-19-16-32(17-19)13-14-34-22-10-7-20(8-11-22)29-27(23-5-4-6-25(31)28(23)30)18(2)24-15-21(33)9-12-26(24)35-29/h4-12,15,19,29,33H,3,13-14,16-17H2,1-2H3. The number of halogens is 2. The zero-order chi connectivity index (χ0) is 24.5. The summed E-state index contributed by atoms with van der Waals surface area (Å²) in [6.45, 7) is 8.08. The molecule has 2 aliphatic heterocycles. The normalized spacial score (nSPS) is 18.1. The number of nitrogens with zero attached hydrogens (tertiary/aromatic N) is 1. The van der Waals surface area contributed by atoms with Gasteiger partial charge in [0, 0.05) is 36.3 Å². The highest BCUT2D eigenvalue weighted by Gasteiger charge is 2.31. The molecular weight excluding hydrogens is 465 g/mol. The maximum Gasteiger partial charge on any atom is 0.150 e. The first-order valence-electron chi connectivity index (χ1n) is 12.0. The van der Waals surface area contributed by atoms with E-state index in [0.717, 1.165) is 53.6 Å². The van der Waals surface area contributed by atoms with Gasteiger partial charge in [-0.05, 0) is 60.4 Å². The van der Waals surface area contributed by atoms with Gasteiger partial charge < -0.3 is 14.6 Å². The Kier molecular flexibility index (Phi) is 6.72. The number of ether oxygens (including phenoxy) is 2. The van der Waals surface area contributed by atoms with E-state index in [9.17, 15) is 9.50 Å². The first-order chi connectivity index (χ1) is 16.9. The van der Waals surface area contributed by atoms with Gasteiger partial charge in [0.25, 0.3) is 0 Å². The molecule has 5 rings (SSSR count). The van der Waals surface area contributed by atoms with Crippen LogP contribution in [0.1, 0.15) is 43.1 Å². The molecule has 1 N–H and O–H groups in total. The summed E-state index contributed by atoms with van der Waals surface area (Å²) in [4.78, 5) is 2.41. The minimum absolute atomic E-state index is 0.0512.